The lowest BCUT2D eigenvalue weighted by molar-refractivity contribution is 0.360. The van der Waals surface area contributed by atoms with Crippen LogP contribution in [0.1, 0.15) is 13.3 Å². The van der Waals surface area contributed by atoms with Crippen molar-refractivity contribution in [1.29, 1.82) is 0 Å². The Bertz CT molecular complexity index is 694. The van der Waals surface area contributed by atoms with Crippen LogP contribution >= 0.6 is 31.9 Å². The fourth-order valence-electron chi connectivity index (χ4n) is 2.73. The second-order valence-electron chi connectivity index (χ2n) is 5.53. The molecule has 1 aromatic carbocycles. The summed E-state index contributed by atoms with van der Waals surface area (Å²) in [5.41, 5.74) is 0. The molecule has 1 aliphatic heterocycles. The van der Waals surface area contributed by atoms with E-state index in [0.717, 1.165) is 6.07 Å². The number of hydrogen-bond acceptors (Lipinski definition) is 4. The molecule has 0 amide bonds. The maximum absolute atomic E-state index is 14.2. The van der Waals surface area contributed by atoms with Gasteiger partial charge in [0.25, 0.3) is 0 Å². The fourth-order valence-corrected chi connectivity index (χ4v) is 5.59. The highest BCUT2D eigenvalue weighted by molar-refractivity contribution is 9.11. The monoisotopic (exact) mass is 474 g/mol. The smallest absolute Gasteiger partial charge is 0.376 e. The summed E-state index contributed by atoms with van der Waals surface area (Å²) in [7, 11) is -4.99. The molecule has 128 valence electrons. The van der Waals surface area contributed by atoms with Crippen molar-refractivity contribution in [3.05, 3.63) is 26.6 Å². The predicted molar refractivity (Wildman–Crippen MR) is 90.5 cm³/mol. The molecule has 0 radical (unpaired) electrons. The summed E-state index contributed by atoms with van der Waals surface area (Å²) < 4.78 is 54.5. The Morgan fingerprint density at radius 3 is 2.57 bits per heavy atom. The van der Waals surface area contributed by atoms with Crippen LogP contribution in [0.4, 0.5) is 8.78 Å². The lowest BCUT2D eigenvalue weighted by atomic mass is 9.84. The van der Waals surface area contributed by atoms with Gasteiger partial charge in [-0.05, 0) is 57.2 Å². The molecule has 2 N–H and O–H groups in total. The summed E-state index contributed by atoms with van der Waals surface area (Å²) in [5, 5.41) is 9.64. The molecule has 1 aliphatic rings. The first-order chi connectivity index (χ1) is 10.5. The number of sulfonamides is 1. The van der Waals surface area contributed by atoms with Gasteiger partial charge in [0.15, 0.2) is 5.82 Å². The van der Waals surface area contributed by atoms with Crippen LogP contribution in [0, 0.1) is 11.6 Å². The van der Waals surface area contributed by atoms with E-state index in [1.165, 1.54) is 0 Å². The average Bonchev–Trinajstić information content (AvgIpc) is 2.76. The normalized spacial score (nSPS) is 22.6. The van der Waals surface area contributed by atoms with E-state index < -0.39 is 44.1 Å². The van der Waals surface area contributed by atoms with Gasteiger partial charge in [0.2, 0.25) is 10.0 Å². The van der Waals surface area contributed by atoms with Crippen LogP contribution in [0.5, 0.6) is 0 Å². The van der Waals surface area contributed by atoms with Gasteiger partial charge in [-0.15, -0.1) is 0 Å². The molecule has 1 fully saturated rings. The largest absolute Gasteiger partial charge is 0.437 e. The molecule has 0 bridgehead atoms. The van der Waals surface area contributed by atoms with Gasteiger partial charge in [-0.25, -0.2) is 21.9 Å². The quantitative estimate of drug-likeness (QED) is 0.518. The van der Waals surface area contributed by atoms with Crippen LogP contribution in [0.15, 0.2) is 19.9 Å². The molecule has 0 saturated carbocycles. The molecule has 1 saturated heterocycles. The first-order valence-electron chi connectivity index (χ1n) is 6.83. The van der Waals surface area contributed by atoms with Crippen LogP contribution in [-0.4, -0.2) is 43.9 Å². The standard InChI is InChI=1S/C12H15BBr2F2N2O3S/c1-6-3-7(5-19(6)13(2)20)18-23(21,22)12-10(15)9(16)4-8(14)11(12)17/h4,6-7,18,20H,3,5H2,1-2H3/t6-,7+/m0/s1. The highest BCUT2D eigenvalue weighted by Gasteiger charge is 2.37. The molecule has 0 spiro atoms. The van der Waals surface area contributed by atoms with Crippen LogP contribution in [0.3, 0.4) is 0 Å². The fraction of sp³-hybridized carbons (Fsp3) is 0.500. The van der Waals surface area contributed by atoms with Crippen LogP contribution in [0.2, 0.25) is 6.82 Å². The summed E-state index contributed by atoms with van der Waals surface area (Å²) >= 11 is 5.60. The van der Waals surface area contributed by atoms with Crippen molar-refractivity contribution in [3.8, 4) is 0 Å². The second kappa shape index (κ2) is 7.05. The number of nitrogens with zero attached hydrogens (tertiary/aromatic N) is 1. The number of rotatable bonds is 4. The molecule has 11 heteroatoms. The lowest BCUT2D eigenvalue weighted by Crippen LogP contribution is -2.42. The third kappa shape index (κ3) is 3.96. The van der Waals surface area contributed by atoms with Gasteiger partial charge in [0.05, 0.1) is 8.95 Å². The average molecular weight is 476 g/mol. The molecule has 0 aliphatic carbocycles. The van der Waals surface area contributed by atoms with Gasteiger partial charge in [-0.1, -0.05) is 6.92 Å². The van der Waals surface area contributed by atoms with Gasteiger partial charge in [-0.2, -0.15) is 0 Å². The van der Waals surface area contributed by atoms with Crippen LogP contribution < -0.4 is 4.72 Å². The van der Waals surface area contributed by atoms with Crippen molar-refractivity contribution in [2.75, 3.05) is 6.54 Å². The minimum Gasteiger partial charge on any atom is -0.437 e. The first kappa shape index (κ1) is 19.3. The topological polar surface area (TPSA) is 69.6 Å². The van der Waals surface area contributed by atoms with E-state index in [0.29, 0.717) is 6.42 Å². The van der Waals surface area contributed by atoms with Crippen LogP contribution in [0.25, 0.3) is 0 Å². The summed E-state index contributed by atoms with van der Waals surface area (Å²) in [6.45, 7) is 3.73. The van der Waals surface area contributed by atoms with E-state index in [-0.39, 0.29) is 17.1 Å². The zero-order valence-electron chi connectivity index (χ0n) is 12.4. The second-order valence-corrected chi connectivity index (χ2v) is 8.83. The van der Waals surface area contributed by atoms with Gasteiger partial charge in [0, 0.05) is 12.6 Å². The Balaban J connectivity index is 2.31. The molecular weight excluding hydrogens is 461 g/mol. The van der Waals surface area contributed by atoms with Crippen molar-refractivity contribution in [2.24, 2.45) is 0 Å². The molecule has 5 nitrogen and oxygen atoms in total. The minimum atomic E-state index is -4.27. The molecule has 1 aromatic rings. The minimum absolute atomic E-state index is 0.0322. The Kier molecular flexibility index (Phi) is 5.90. The molecule has 1 heterocycles. The number of benzene rings is 1. The van der Waals surface area contributed by atoms with Crippen molar-refractivity contribution >= 4 is 48.9 Å². The van der Waals surface area contributed by atoms with E-state index in [4.69, 9.17) is 0 Å². The van der Waals surface area contributed by atoms with Crippen molar-refractivity contribution in [1.82, 2.24) is 9.53 Å². The molecule has 0 unspecified atom stereocenters. The zero-order valence-corrected chi connectivity index (χ0v) is 16.3. The Labute approximate surface area is 150 Å². The molecule has 23 heavy (non-hydrogen) atoms. The number of hydrogen-bond donors (Lipinski definition) is 2. The van der Waals surface area contributed by atoms with Crippen molar-refractivity contribution < 1.29 is 22.2 Å². The Hall–Kier alpha value is -0.0651. The highest BCUT2D eigenvalue weighted by atomic mass is 79.9. The summed E-state index contributed by atoms with van der Waals surface area (Å²) in [5.74, 6) is -1.95. The lowest BCUT2D eigenvalue weighted by Gasteiger charge is -2.21. The SMILES string of the molecule is CB(O)N1C[C@H](NS(=O)(=O)c2c(F)c(Br)cc(F)c2Br)C[C@@H]1C. The molecular formula is C12H15BBr2F2N2O3S. The van der Waals surface area contributed by atoms with E-state index in [2.05, 4.69) is 36.6 Å². The number of halogens is 4. The zero-order chi connectivity index (χ0) is 17.5. The summed E-state index contributed by atoms with van der Waals surface area (Å²) in [4.78, 5) is 0.951. The molecule has 2 atom stereocenters. The maximum Gasteiger partial charge on any atom is 0.376 e. The Morgan fingerprint density at radius 1 is 1.43 bits per heavy atom. The van der Waals surface area contributed by atoms with Gasteiger partial charge >= 0.3 is 7.05 Å². The van der Waals surface area contributed by atoms with Crippen molar-refractivity contribution in [2.45, 2.75) is 37.1 Å². The highest BCUT2D eigenvalue weighted by Crippen LogP contribution is 2.33. The van der Waals surface area contributed by atoms with E-state index in [9.17, 15) is 22.2 Å². The van der Waals surface area contributed by atoms with E-state index in [1.54, 1.807) is 11.6 Å². The molecule has 2 rings (SSSR count). The van der Waals surface area contributed by atoms with Gasteiger partial charge in [0.1, 0.15) is 10.7 Å². The number of nitrogens with one attached hydrogen (secondary N) is 1. The summed E-state index contributed by atoms with van der Waals surface area (Å²) in [6, 6.07) is 0.318. The van der Waals surface area contributed by atoms with Gasteiger partial charge in [-0.3, -0.25) is 0 Å². The van der Waals surface area contributed by atoms with E-state index in [1.807, 2.05) is 6.92 Å². The van der Waals surface area contributed by atoms with Gasteiger partial charge < -0.3 is 9.83 Å². The molecule has 0 aromatic heterocycles. The summed E-state index contributed by atoms with van der Waals surface area (Å²) in [6.07, 6.45) is 0.458. The third-order valence-corrected chi connectivity index (χ3v) is 6.94. The van der Waals surface area contributed by atoms with Crippen LogP contribution in [-0.2, 0) is 10.0 Å². The van der Waals surface area contributed by atoms with E-state index >= 15 is 0 Å². The third-order valence-electron chi connectivity index (χ3n) is 3.77. The van der Waals surface area contributed by atoms with Crippen molar-refractivity contribution in [3.63, 3.8) is 0 Å². The predicted octanol–water partition coefficient (Wildman–Crippen LogP) is 2.34. The first-order valence-corrected chi connectivity index (χ1v) is 9.90. The maximum atomic E-state index is 14.2. The Morgan fingerprint density at radius 2 is 2.04 bits per heavy atom.